The smallest absolute Gasteiger partial charge is 0.150 e. The lowest BCUT2D eigenvalue weighted by atomic mass is 10.1. The van der Waals surface area contributed by atoms with Gasteiger partial charge in [0.2, 0.25) is 0 Å². The zero-order valence-corrected chi connectivity index (χ0v) is 11.2. The molecule has 1 unspecified atom stereocenters. The third-order valence-corrected chi connectivity index (χ3v) is 3.10. The van der Waals surface area contributed by atoms with Crippen LogP contribution in [-0.4, -0.2) is 22.7 Å². The highest BCUT2D eigenvalue weighted by Crippen LogP contribution is 2.28. The Hall–Kier alpha value is -0.220. The van der Waals surface area contributed by atoms with Gasteiger partial charge in [0.05, 0.1) is 16.1 Å². The number of hydrogen-bond acceptors (Lipinski definition) is 3. The second-order valence-corrected chi connectivity index (χ2v) is 4.96. The molecule has 2 N–H and O–H groups in total. The SMILES string of the molecule is CC(C)C(O)CNc1nc(Cl)c(Cl)cc1Cl. The van der Waals surface area contributed by atoms with Crippen molar-refractivity contribution in [3.8, 4) is 0 Å². The molecule has 1 atom stereocenters. The Labute approximate surface area is 110 Å². The van der Waals surface area contributed by atoms with Crippen molar-refractivity contribution >= 4 is 40.6 Å². The number of hydrogen-bond donors (Lipinski definition) is 2. The molecule has 1 aromatic heterocycles. The molecule has 6 heteroatoms. The van der Waals surface area contributed by atoms with Gasteiger partial charge in [0, 0.05) is 6.54 Å². The van der Waals surface area contributed by atoms with Gasteiger partial charge in [-0.1, -0.05) is 48.7 Å². The zero-order valence-electron chi connectivity index (χ0n) is 8.97. The Balaban J connectivity index is 2.71. The Morgan fingerprint density at radius 1 is 1.31 bits per heavy atom. The van der Waals surface area contributed by atoms with E-state index in [1.807, 2.05) is 13.8 Å². The molecule has 0 saturated carbocycles. The maximum Gasteiger partial charge on any atom is 0.150 e. The van der Waals surface area contributed by atoms with Crippen LogP contribution in [0.2, 0.25) is 15.2 Å². The molecule has 0 saturated heterocycles. The van der Waals surface area contributed by atoms with E-state index in [1.165, 1.54) is 6.07 Å². The van der Waals surface area contributed by atoms with Crippen LogP contribution in [0.4, 0.5) is 5.82 Å². The highest BCUT2D eigenvalue weighted by molar-refractivity contribution is 6.42. The molecule has 0 bridgehead atoms. The number of anilines is 1. The predicted molar refractivity (Wildman–Crippen MR) is 68.6 cm³/mol. The number of halogens is 3. The number of nitrogens with one attached hydrogen (secondary N) is 1. The lowest BCUT2D eigenvalue weighted by Gasteiger charge is -2.16. The maximum absolute atomic E-state index is 9.61. The average molecular weight is 284 g/mol. The van der Waals surface area contributed by atoms with E-state index < -0.39 is 6.10 Å². The molecule has 0 amide bonds. The number of pyridine rings is 1. The first-order valence-electron chi connectivity index (χ1n) is 4.85. The third-order valence-electron chi connectivity index (χ3n) is 2.13. The number of aliphatic hydroxyl groups is 1. The summed E-state index contributed by atoms with van der Waals surface area (Å²) in [6.45, 7) is 4.22. The molecule has 16 heavy (non-hydrogen) atoms. The predicted octanol–water partition coefficient (Wildman–Crippen LogP) is 3.47. The van der Waals surface area contributed by atoms with Crippen molar-refractivity contribution in [1.29, 1.82) is 0 Å². The Morgan fingerprint density at radius 3 is 2.50 bits per heavy atom. The van der Waals surface area contributed by atoms with Crippen LogP contribution in [0, 0.1) is 5.92 Å². The fraction of sp³-hybridized carbons (Fsp3) is 0.500. The van der Waals surface area contributed by atoms with E-state index in [0.29, 0.717) is 22.4 Å². The van der Waals surface area contributed by atoms with Gasteiger partial charge < -0.3 is 10.4 Å². The monoisotopic (exact) mass is 282 g/mol. The van der Waals surface area contributed by atoms with Crippen LogP contribution >= 0.6 is 34.8 Å². The van der Waals surface area contributed by atoms with Gasteiger partial charge in [-0.25, -0.2) is 4.98 Å². The summed E-state index contributed by atoms with van der Waals surface area (Å²) in [6.07, 6.45) is -0.465. The summed E-state index contributed by atoms with van der Waals surface area (Å²) >= 11 is 17.4. The molecule has 0 aliphatic heterocycles. The molecule has 1 aromatic rings. The Kier molecular flexibility index (Phi) is 5.12. The number of rotatable bonds is 4. The normalized spacial score (nSPS) is 12.9. The summed E-state index contributed by atoms with van der Waals surface area (Å²) in [5.41, 5.74) is 0. The van der Waals surface area contributed by atoms with Gasteiger partial charge >= 0.3 is 0 Å². The minimum absolute atomic E-state index is 0.161. The molecule has 0 aromatic carbocycles. The van der Waals surface area contributed by atoms with Gasteiger partial charge in [0.15, 0.2) is 0 Å². The first kappa shape index (κ1) is 13.8. The van der Waals surface area contributed by atoms with Crippen LogP contribution in [0.3, 0.4) is 0 Å². The molecule has 3 nitrogen and oxygen atoms in total. The third kappa shape index (κ3) is 3.67. The van der Waals surface area contributed by atoms with E-state index in [0.717, 1.165) is 0 Å². The molecule has 1 heterocycles. The van der Waals surface area contributed by atoms with Gasteiger partial charge in [-0.15, -0.1) is 0 Å². The van der Waals surface area contributed by atoms with Gasteiger partial charge in [-0.2, -0.15) is 0 Å². The number of nitrogens with zero attached hydrogens (tertiary/aromatic N) is 1. The molecular weight excluding hydrogens is 270 g/mol. The molecule has 0 spiro atoms. The fourth-order valence-electron chi connectivity index (χ4n) is 1.01. The summed E-state index contributed by atoms with van der Waals surface area (Å²) in [6, 6.07) is 1.52. The molecule has 0 radical (unpaired) electrons. The van der Waals surface area contributed by atoms with Gasteiger partial charge in [0.25, 0.3) is 0 Å². The van der Waals surface area contributed by atoms with Crippen LogP contribution in [0.5, 0.6) is 0 Å². The fourth-order valence-corrected chi connectivity index (χ4v) is 1.57. The minimum Gasteiger partial charge on any atom is -0.391 e. The summed E-state index contributed by atoms with van der Waals surface area (Å²) in [5, 5.41) is 13.4. The topological polar surface area (TPSA) is 45.1 Å². The average Bonchev–Trinajstić information content (AvgIpc) is 2.20. The lowest BCUT2D eigenvalue weighted by Crippen LogP contribution is -2.25. The minimum atomic E-state index is -0.465. The van der Waals surface area contributed by atoms with E-state index in [4.69, 9.17) is 34.8 Å². The van der Waals surface area contributed by atoms with Crippen LogP contribution in [0.25, 0.3) is 0 Å². The van der Waals surface area contributed by atoms with Crippen molar-refractivity contribution in [2.75, 3.05) is 11.9 Å². The van der Waals surface area contributed by atoms with Crippen molar-refractivity contribution < 1.29 is 5.11 Å². The second-order valence-electron chi connectivity index (χ2n) is 3.78. The highest BCUT2D eigenvalue weighted by atomic mass is 35.5. The first-order chi connectivity index (χ1) is 7.41. The highest BCUT2D eigenvalue weighted by Gasteiger charge is 2.12. The van der Waals surface area contributed by atoms with E-state index in [9.17, 15) is 5.11 Å². The summed E-state index contributed by atoms with van der Waals surface area (Å²) < 4.78 is 0. The second kappa shape index (κ2) is 5.92. The van der Waals surface area contributed by atoms with E-state index in [-0.39, 0.29) is 11.1 Å². The maximum atomic E-state index is 9.61. The van der Waals surface area contributed by atoms with Crippen molar-refractivity contribution in [3.63, 3.8) is 0 Å². The standard InChI is InChI=1S/C10H13Cl3N2O/c1-5(2)8(16)4-14-10-7(12)3-6(11)9(13)15-10/h3,5,8,16H,4H2,1-2H3,(H,14,15). The number of aliphatic hydroxyl groups excluding tert-OH is 1. The largest absolute Gasteiger partial charge is 0.391 e. The van der Waals surface area contributed by atoms with Crippen molar-refractivity contribution in [2.45, 2.75) is 20.0 Å². The van der Waals surface area contributed by atoms with E-state index in [1.54, 1.807) is 0 Å². The molecular formula is C10H13Cl3N2O. The van der Waals surface area contributed by atoms with Crippen molar-refractivity contribution in [2.24, 2.45) is 5.92 Å². The molecule has 0 fully saturated rings. The number of aromatic nitrogens is 1. The zero-order chi connectivity index (χ0) is 12.3. The Bertz CT molecular complexity index is 371. The Morgan fingerprint density at radius 2 is 1.94 bits per heavy atom. The lowest BCUT2D eigenvalue weighted by molar-refractivity contribution is 0.138. The molecule has 0 aliphatic rings. The van der Waals surface area contributed by atoms with Crippen molar-refractivity contribution in [1.82, 2.24) is 4.98 Å². The first-order valence-corrected chi connectivity index (χ1v) is 5.98. The summed E-state index contributed by atoms with van der Waals surface area (Å²) in [7, 11) is 0. The van der Waals surface area contributed by atoms with Crippen LogP contribution in [0.1, 0.15) is 13.8 Å². The van der Waals surface area contributed by atoms with Crippen LogP contribution in [-0.2, 0) is 0 Å². The summed E-state index contributed by atoms with van der Waals surface area (Å²) in [4.78, 5) is 3.98. The van der Waals surface area contributed by atoms with Gasteiger partial charge in [0.1, 0.15) is 11.0 Å². The van der Waals surface area contributed by atoms with Gasteiger partial charge in [-0.3, -0.25) is 0 Å². The molecule has 0 aliphatic carbocycles. The molecule has 90 valence electrons. The van der Waals surface area contributed by atoms with Crippen LogP contribution < -0.4 is 5.32 Å². The summed E-state index contributed by atoms with van der Waals surface area (Å²) in [5.74, 6) is 0.588. The van der Waals surface area contributed by atoms with Crippen molar-refractivity contribution in [3.05, 3.63) is 21.3 Å². The molecule has 1 rings (SSSR count). The van der Waals surface area contributed by atoms with Crippen LogP contribution in [0.15, 0.2) is 6.07 Å². The van der Waals surface area contributed by atoms with E-state index >= 15 is 0 Å². The van der Waals surface area contributed by atoms with E-state index in [2.05, 4.69) is 10.3 Å². The quantitative estimate of drug-likeness (QED) is 0.832. The van der Waals surface area contributed by atoms with Gasteiger partial charge in [-0.05, 0) is 12.0 Å².